The van der Waals surface area contributed by atoms with Crippen molar-refractivity contribution in [3.05, 3.63) is 0 Å². The summed E-state index contributed by atoms with van der Waals surface area (Å²) in [6, 6.07) is -2.72. The van der Waals surface area contributed by atoms with E-state index in [0.29, 0.717) is 26.2 Å². The van der Waals surface area contributed by atoms with Crippen LogP contribution in [0.4, 0.5) is 0 Å². The second-order valence-electron chi connectivity index (χ2n) is 18.3. The van der Waals surface area contributed by atoms with Crippen molar-refractivity contribution in [3.8, 4) is 0 Å². The van der Waals surface area contributed by atoms with Crippen molar-refractivity contribution in [1.29, 1.82) is 0 Å². The second kappa shape index (κ2) is 22.3. The van der Waals surface area contributed by atoms with E-state index >= 15 is 0 Å². The molecule has 1 amide bonds. The molecule has 0 aromatic carbocycles. The van der Waals surface area contributed by atoms with Crippen LogP contribution in [-0.2, 0) is 52.5 Å². The fraction of sp³-hybridized carbons (Fsp3) is 0.821. The van der Waals surface area contributed by atoms with Crippen molar-refractivity contribution >= 4 is 41.7 Å². The van der Waals surface area contributed by atoms with Gasteiger partial charge in [0.1, 0.15) is 34.5 Å². The maximum Gasteiger partial charge on any atom is 0.326 e. The number of ether oxygens (including phenoxy) is 4. The van der Waals surface area contributed by atoms with E-state index in [0.717, 1.165) is 0 Å². The van der Waals surface area contributed by atoms with Crippen molar-refractivity contribution in [1.82, 2.24) is 24.9 Å². The van der Waals surface area contributed by atoms with Crippen LogP contribution in [-0.4, -0.2) is 178 Å². The molecule has 0 saturated carbocycles. The first kappa shape index (κ1) is 51.1. The van der Waals surface area contributed by atoms with Gasteiger partial charge in [0, 0.05) is 58.8 Å². The molecular formula is C39H69N5O13. The Kier molecular flexibility index (Phi) is 20.0. The number of carboxylic acids is 2. The van der Waals surface area contributed by atoms with Crippen LogP contribution in [0.15, 0.2) is 0 Å². The van der Waals surface area contributed by atoms with Crippen LogP contribution in [0.25, 0.3) is 0 Å². The lowest BCUT2D eigenvalue weighted by Crippen LogP contribution is -2.53. The standard InChI is InChI=1S/C39H69N5O13/c1-36(2,3)54-31(48)24-41-15-17-42(25-32(49)55-37(4,5)6)19-21-44(22-20-43(18-16-41)26-33(50)56-38(7,8)9)28(35(53)57-39(10,11)12)13-14-29(45)40-27(34(51)52)23-30(46)47/h27-28H,13-26H2,1-12H3,(H,40,45)(H,46,47)(H,51,52)/t27-,28+/m0/s1. The number of carboxylic acid groups (broad SMARTS) is 2. The Morgan fingerprint density at radius 1 is 0.544 bits per heavy atom. The van der Waals surface area contributed by atoms with Crippen molar-refractivity contribution in [2.24, 2.45) is 0 Å². The molecule has 328 valence electrons. The predicted molar refractivity (Wildman–Crippen MR) is 209 cm³/mol. The van der Waals surface area contributed by atoms with Gasteiger partial charge in [-0.1, -0.05) is 0 Å². The fourth-order valence-electron chi connectivity index (χ4n) is 5.74. The number of aliphatic carboxylic acids is 2. The summed E-state index contributed by atoms with van der Waals surface area (Å²) >= 11 is 0. The zero-order chi connectivity index (χ0) is 43.9. The van der Waals surface area contributed by atoms with Gasteiger partial charge in [0.25, 0.3) is 0 Å². The molecule has 1 rings (SSSR count). The van der Waals surface area contributed by atoms with Gasteiger partial charge in [-0.2, -0.15) is 0 Å². The summed E-state index contributed by atoms with van der Waals surface area (Å²) in [5, 5.41) is 20.8. The maximum absolute atomic E-state index is 13.9. The summed E-state index contributed by atoms with van der Waals surface area (Å²) in [4.78, 5) is 96.4. The van der Waals surface area contributed by atoms with E-state index in [-0.39, 0.29) is 58.7 Å². The van der Waals surface area contributed by atoms with E-state index in [4.69, 9.17) is 24.1 Å². The Labute approximate surface area is 337 Å². The fourth-order valence-corrected chi connectivity index (χ4v) is 5.74. The monoisotopic (exact) mass is 815 g/mol. The summed E-state index contributed by atoms with van der Waals surface area (Å²) in [6.07, 6.45) is -1.30. The van der Waals surface area contributed by atoms with Gasteiger partial charge < -0.3 is 34.5 Å². The number of carbonyl (C=O) groups excluding carboxylic acids is 5. The number of nitrogens with one attached hydrogen (secondary N) is 1. The third kappa shape index (κ3) is 24.5. The third-order valence-corrected chi connectivity index (χ3v) is 7.97. The minimum atomic E-state index is -1.67. The second-order valence-corrected chi connectivity index (χ2v) is 18.3. The first-order valence-corrected chi connectivity index (χ1v) is 19.4. The Bertz CT molecular complexity index is 1330. The molecule has 0 unspecified atom stereocenters. The molecule has 0 bridgehead atoms. The van der Waals surface area contributed by atoms with Crippen LogP contribution in [0, 0.1) is 0 Å². The van der Waals surface area contributed by atoms with Crippen molar-refractivity contribution in [2.45, 2.75) is 137 Å². The lowest BCUT2D eigenvalue weighted by atomic mass is 10.1. The number of esters is 4. The minimum absolute atomic E-state index is 0.0397. The molecule has 18 nitrogen and oxygen atoms in total. The van der Waals surface area contributed by atoms with Crippen molar-refractivity contribution < 1.29 is 62.7 Å². The summed E-state index contributed by atoms with van der Waals surface area (Å²) < 4.78 is 22.6. The lowest BCUT2D eigenvalue weighted by molar-refractivity contribution is -0.163. The smallest absolute Gasteiger partial charge is 0.326 e. The van der Waals surface area contributed by atoms with Gasteiger partial charge in [0.2, 0.25) is 5.91 Å². The van der Waals surface area contributed by atoms with Crippen molar-refractivity contribution in [2.75, 3.05) is 72.0 Å². The average Bonchev–Trinajstić information content (AvgIpc) is 2.97. The average molecular weight is 816 g/mol. The Hall–Kier alpha value is -3.87. The molecule has 2 atom stereocenters. The highest BCUT2D eigenvalue weighted by atomic mass is 16.6. The highest BCUT2D eigenvalue weighted by molar-refractivity contribution is 5.87. The SMILES string of the molecule is CC(C)(C)OC(=O)CN1CCN(CC(=O)OC(C)(C)C)CCN([C@H](CCC(=O)N[C@@H](CC(=O)O)C(=O)O)C(=O)OC(C)(C)C)CCN(CC(=O)OC(C)(C)C)CC1. The largest absolute Gasteiger partial charge is 0.481 e. The number of amides is 1. The number of rotatable bonds is 15. The van der Waals surface area contributed by atoms with Gasteiger partial charge in [-0.25, -0.2) is 4.79 Å². The molecule has 1 aliphatic heterocycles. The van der Waals surface area contributed by atoms with Gasteiger partial charge in [-0.05, 0) is 89.5 Å². The van der Waals surface area contributed by atoms with Crippen molar-refractivity contribution in [3.63, 3.8) is 0 Å². The highest BCUT2D eigenvalue weighted by Crippen LogP contribution is 2.18. The highest BCUT2D eigenvalue weighted by Gasteiger charge is 2.34. The van der Waals surface area contributed by atoms with Crippen LogP contribution in [0.1, 0.15) is 102 Å². The van der Waals surface area contributed by atoms with Gasteiger partial charge >= 0.3 is 35.8 Å². The maximum atomic E-state index is 13.9. The van der Waals surface area contributed by atoms with Crippen LogP contribution < -0.4 is 5.32 Å². The molecule has 1 fully saturated rings. The zero-order valence-electron chi connectivity index (χ0n) is 36.2. The molecule has 1 saturated heterocycles. The van der Waals surface area contributed by atoms with Gasteiger partial charge in [-0.15, -0.1) is 0 Å². The summed E-state index contributed by atoms with van der Waals surface area (Å²) in [5.74, 6) is -5.72. The molecule has 57 heavy (non-hydrogen) atoms. The van der Waals surface area contributed by atoms with E-state index in [2.05, 4.69) is 5.32 Å². The van der Waals surface area contributed by atoms with E-state index < -0.39 is 82.6 Å². The molecule has 0 aliphatic carbocycles. The van der Waals surface area contributed by atoms with Crippen LogP contribution >= 0.6 is 0 Å². The minimum Gasteiger partial charge on any atom is -0.481 e. The number of nitrogens with zero attached hydrogens (tertiary/aromatic N) is 4. The molecule has 1 heterocycles. The topological polar surface area (TPSA) is 222 Å². The normalized spacial score (nSPS) is 17.5. The first-order chi connectivity index (χ1) is 25.9. The summed E-state index contributed by atoms with van der Waals surface area (Å²) in [7, 11) is 0. The number of hydrogen-bond donors (Lipinski definition) is 3. The quantitative estimate of drug-likeness (QED) is 0.158. The molecule has 1 aliphatic rings. The Morgan fingerprint density at radius 3 is 1.18 bits per heavy atom. The lowest BCUT2D eigenvalue weighted by Gasteiger charge is -2.37. The van der Waals surface area contributed by atoms with E-state index in [1.807, 2.05) is 14.7 Å². The third-order valence-electron chi connectivity index (χ3n) is 7.97. The van der Waals surface area contributed by atoms with E-state index in [9.17, 15) is 38.7 Å². The Morgan fingerprint density at radius 2 is 0.877 bits per heavy atom. The first-order valence-electron chi connectivity index (χ1n) is 19.4. The molecule has 0 aromatic heterocycles. The molecule has 0 aromatic rings. The van der Waals surface area contributed by atoms with E-state index in [1.54, 1.807) is 88.0 Å². The molecular weight excluding hydrogens is 746 g/mol. The molecule has 0 radical (unpaired) electrons. The van der Waals surface area contributed by atoms with Crippen LogP contribution in [0.5, 0.6) is 0 Å². The summed E-state index contributed by atoms with van der Waals surface area (Å²) in [5.41, 5.74) is -3.12. The van der Waals surface area contributed by atoms with Gasteiger partial charge in [0.05, 0.1) is 26.1 Å². The Balaban J connectivity index is 3.62. The number of hydrogen-bond acceptors (Lipinski definition) is 15. The molecule has 18 heteroatoms. The van der Waals surface area contributed by atoms with Crippen LogP contribution in [0.3, 0.4) is 0 Å². The zero-order valence-corrected chi connectivity index (χ0v) is 36.2. The van der Waals surface area contributed by atoms with Gasteiger partial charge in [0.15, 0.2) is 0 Å². The van der Waals surface area contributed by atoms with E-state index in [1.165, 1.54) is 0 Å². The van der Waals surface area contributed by atoms with Crippen LogP contribution in [0.2, 0.25) is 0 Å². The van der Waals surface area contributed by atoms with Gasteiger partial charge in [-0.3, -0.25) is 48.4 Å². The predicted octanol–water partition coefficient (Wildman–Crippen LogP) is 1.77. The summed E-state index contributed by atoms with van der Waals surface area (Å²) in [6.45, 7) is 22.8. The molecule has 0 spiro atoms. The number of carbonyl (C=O) groups is 7. The molecule has 3 N–H and O–H groups in total.